The number of hydrogen-bond acceptors (Lipinski definition) is 1. The molecule has 0 aliphatic carbocycles. The molecule has 0 N–H and O–H groups in total. The molecule has 6 aromatic rings. The monoisotopic (exact) mass is 428 g/mol. The average Bonchev–Trinajstić information content (AvgIpc) is 3.22. The highest BCUT2D eigenvalue weighted by molar-refractivity contribution is 7.26. The van der Waals surface area contributed by atoms with Gasteiger partial charge in [0.2, 0.25) is 0 Å². The van der Waals surface area contributed by atoms with Crippen molar-refractivity contribution in [3.63, 3.8) is 0 Å². The Hall–Kier alpha value is -3.42. The molecule has 0 bridgehead atoms. The molecular formula is C31H24S. The first-order valence-electron chi connectivity index (χ1n) is 11.2. The second-order valence-corrected chi connectivity index (χ2v) is 9.82. The summed E-state index contributed by atoms with van der Waals surface area (Å²) in [4.78, 5) is 0. The Bertz CT molecular complexity index is 1580. The molecule has 0 nitrogen and oxygen atoms in total. The van der Waals surface area contributed by atoms with Crippen molar-refractivity contribution in [1.82, 2.24) is 0 Å². The van der Waals surface area contributed by atoms with Crippen LogP contribution in [0.1, 0.15) is 25.3 Å². The summed E-state index contributed by atoms with van der Waals surface area (Å²) in [5, 5.41) is 5.31. The van der Waals surface area contributed by atoms with Crippen molar-refractivity contribution in [1.29, 1.82) is 0 Å². The van der Waals surface area contributed by atoms with E-state index in [1.165, 1.54) is 58.8 Å². The van der Waals surface area contributed by atoms with E-state index in [-0.39, 0.29) is 0 Å². The molecule has 32 heavy (non-hydrogen) atoms. The molecule has 0 unspecified atom stereocenters. The highest BCUT2D eigenvalue weighted by Crippen LogP contribution is 2.43. The summed E-state index contributed by atoms with van der Waals surface area (Å²) < 4.78 is 2.71. The molecule has 1 aromatic heterocycles. The standard InChI is InChI=1S/C31H24S/c1-20(2)21-16-18-22(19-17-21)24-11-5-8-23-9-6-12-26(30(23)24)28-14-7-13-27-25-10-3-4-15-29(25)32-31(27)28/h3-20H,1-2H3. The van der Waals surface area contributed by atoms with Gasteiger partial charge < -0.3 is 0 Å². The Labute approximate surface area is 192 Å². The van der Waals surface area contributed by atoms with Crippen LogP contribution in [-0.4, -0.2) is 0 Å². The minimum atomic E-state index is 0.540. The lowest BCUT2D eigenvalue weighted by atomic mass is 9.90. The van der Waals surface area contributed by atoms with Crippen molar-refractivity contribution in [2.24, 2.45) is 0 Å². The van der Waals surface area contributed by atoms with Crippen LogP contribution in [0.5, 0.6) is 0 Å². The van der Waals surface area contributed by atoms with Crippen molar-refractivity contribution in [2.45, 2.75) is 19.8 Å². The van der Waals surface area contributed by atoms with Gasteiger partial charge >= 0.3 is 0 Å². The van der Waals surface area contributed by atoms with Crippen LogP contribution in [0.25, 0.3) is 53.2 Å². The minimum Gasteiger partial charge on any atom is -0.135 e. The Morgan fingerprint density at radius 1 is 0.562 bits per heavy atom. The fourth-order valence-corrected chi connectivity index (χ4v) is 6.04. The van der Waals surface area contributed by atoms with Crippen molar-refractivity contribution in [3.8, 4) is 22.3 Å². The Balaban J connectivity index is 1.65. The van der Waals surface area contributed by atoms with Crippen LogP contribution in [0.2, 0.25) is 0 Å². The summed E-state index contributed by atoms with van der Waals surface area (Å²) >= 11 is 1.90. The molecule has 0 atom stereocenters. The number of rotatable bonds is 3. The van der Waals surface area contributed by atoms with E-state index in [1.54, 1.807) is 0 Å². The molecular weight excluding hydrogens is 404 g/mol. The van der Waals surface area contributed by atoms with Crippen molar-refractivity contribution >= 4 is 42.3 Å². The minimum absolute atomic E-state index is 0.540. The van der Waals surface area contributed by atoms with Gasteiger partial charge in [-0.25, -0.2) is 0 Å². The fraction of sp³-hybridized carbons (Fsp3) is 0.0968. The van der Waals surface area contributed by atoms with Gasteiger partial charge in [0.1, 0.15) is 0 Å². The van der Waals surface area contributed by atoms with E-state index in [1.807, 2.05) is 11.3 Å². The van der Waals surface area contributed by atoms with Crippen LogP contribution >= 0.6 is 11.3 Å². The third-order valence-corrected chi connectivity index (χ3v) is 7.71. The fourth-order valence-electron chi connectivity index (χ4n) is 4.81. The van der Waals surface area contributed by atoms with Gasteiger partial charge in [-0.05, 0) is 45.0 Å². The third kappa shape index (κ3) is 3.04. The predicted octanol–water partition coefficient (Wildman–Crippen LogP) is 9.67. The summed E-state index contributed by atoms with van der Waals surface area (Å²) in [5.74, 6) is 0.540. The van der Waals surface area contributed by atoms with E-state index in [0.717, 1.165) is 0 Å². The summed E-state index contributed by atoms with van der Waals surface area (Å²) in [6.07, 6.45) is 0. The van der Waals surface area contributed by atoms with Crippen molar-refractivity contribution < 1.29 is 0 Å². The van der Waals surface area contributed by atoms with Gasteiger partial charge in [-0.15, -0.1) is 11.3 Å². The quantitative estimate of drug-likeness (QED) is 0.263. The van der Waals surface area contributed by atoms with E-state index in [2.05, 4.69) is 117 Å². The van der Waals surface area contributed by atoms with Gasteiger partial charge in [-0.3, -0.25) is 0 Å². The Morgan fingerprint density at radius 3 is 2.00 bits per heavy atom. The second kappa shape index (κ2) is 7.62. The lowest BCUT2D eigenvalue weighted by molar-refractivity contribution is 0.867. The van der Waals surface area contributed by atoms with Crippen LogP contribution in [0.15, 0.2) is 103 Å². The molecule has 0 saturated carbocycles. The third-order valence-electron chi connectivity index (χ3n) is 6.49. The van der Waals surface area contributed by atoms with E-state index >= 15 is 0 Å². The van der Waals surface area contributed by atoms with Crippen LogP contribution in [0, 0.1) is 0 Å². The summed E-state index contributed by atoms with van der Waals surface area (Å²) in [7, 11) is 0. The molecule has 0 aliphatic heterocycles. The maximum atomic E-state index is 2.29. The Kier molecular flexibility index (Phi) is 4.59. The highest BCUT2D eigenvalue weighted by Gasteiger charge is 2.15. The zero-order chi connectivity index (χ0) is 21.7. The maximum Gasteiger partial charge on any atom is 0.0434 e. The van der Waals surface area contributed by atoms with Gasteiger partial charge in [0.25, 0.3) is 0 Å². The van der Waals surface area contributed by atoms with Gasteiger partial charge in [-0.1, -0.05) is 111 Å². The normalized spacial score (nSPS) is 11.7. The van der Waals surface area contributed by atoms with Gasteiger partial charge in [0, 0.05) is 25.7 Å². The van der Waals surface area contributed by atoms with E-state index in [4.69, 9.17) is 0 Å². The molecule has 0 saturated heterocycles. The van der Waals surface area contributed by atoms with E-state index in [9.17, 15) is 0 Å². The first-order valence-corrected chi connectivity index (χ1v) is 12.0. The second-order valence-electron chi connectivity index (χ2n) is 8.77. The van der Waals surface area contributed by atoms with Crippen LogP contribution in [-0.2, 0) is 0 Å². The Morgan fingerprint density at radius 2 is 1.22 bits per heavy atom. The van der Waals surface area contributed by atoms with Gasteiger partial charge in [-0.2, -0.15) is 0 Å². The lowest BCUT2D eigenvalue weighted by Crippen LogP contribution is -1.89. The van der Waals surface area contributed by atoms with Crippen LogP contribution in [0.3, 0.4) is 0 Å². The first kappa shape index (κ1) is 19.3. The molecule has 0 radical (unpaired) electrons. The highest BCUT2D eigenvalue weighted by atomic mass is 32.1. The number of thiophene rings is 1. The molecule has 1 heteroatoms. The smallest absolute Gasteiger partial charge is 0.0434 e. The number of benzene rings is 5. The van der Waals surface area contributed by atoms with Crippen molar-refractivity contribution in [2.75, 3.05) is 0 Å². The SMILES string of the molecule is CC(C)c1ccc(-c2cccc3cccc(-c4cccc5c4sc4ccccc45)c23)cc1. The van der Waals surface area contributed by atoms with Crippen molar-refractivity contribution in [3.05, 3.63) is 109 Å². The zero-order valence-electron chi connectivity index (χ0n) is 18.3. The molecule has 0 aliphatic rings. The summed E-state index contributed by atoms with van der Waals surface area (Å²) in [5.41, 5.74) is 6.58. The topological polar surface area (TPSA) is 0 Å². The van der Waals surface area contributed by atoms with Crippen LogP contribution < -0.4 is 0 Å². The van der Waals surface area contributed by atoms with Crippen LogP contribution in [0.4, 0.5) is 0 Å². The predicted molar refractivity (Wildman–Crippen MR) is 142 cm³/mol. The van der Waals surface area contributed by atoms with E-state index in [0.29, 0.717) is 5.92 Å². The first-order chi connectivity index (χ1) is 15.7. The molecule has 154 valence electrons. The molecule has 5 aromatic carbocycles. The summed E-state index contributed by atoms with van der Waals surface area (Å²) in [6, 6.07) is 38.0. The largest absolute Gasteiger partial charge is 0.135 e. The molecule has 6 rings (SSSR count). The molecule has 0 spiro atoms. The number of fused-ring (bicyclic) bond motifs is 4. The lowest BCUT2D eigenvalue weighted by Gasteiger charge is -2.14. The molecule has 1 heterocycles. The summed E-state index contributed by atoms with van der Waals surface area (Å²) in [6.45, 7) is 4.49. The molecule has 0 amide bonds. The maximum absolute atomic E-state index is 2.29. The zero-order valence-corrected chi connectivity index (χ0v) is 19.1. The van der Waals surface area contributed by atoms with E-state index < -0.39 is 0 Å². The average molecular weight is 429 g/mol. The number of hydrogen-bond donors (Lipinski definition) is 0. The van der Waals surface area contributed by atoms with Gasteiger partial charge in [0.05, 0.1) is 0 Å². The molecule has 0 fully saturated rings. The van der Waals surface area contributed by atoms with Gasteiger partial charge in [0.15, 0.2) is 0 Å².